The minimum absolute atomic E-state index is 0.101. The fourth-order valence-electron chi connectivity index (χ4n) is 6.47. The van der Waals surface area contributed by atoms with Gasteiger partial charge in [-0.3, -0.25) is 0 Å². The average Bonchev–Trinajstić information content (AvgIpc) is 3.48. The maximum absolute atomic E-state index is 2.52. The second kappa shape index (κ2) is 8.49. The Bertz CT molecular complexity index is 1440. The fraction of sp³-hybridized carbons (Fsp3) is 0.222. The van der Waals surface area contributed by atoms with Crippen LogP contribution in [0.2, 0.25) is 0 Å². The smallest absolute Gasteiger partial charge is 0.0673 e. The zero-order valence-corrected chi connectivity index (χ0v) is 21.8. The van der Waals surface area contributed by atoms with Gasteiger partial charge in [0.05, 0.1) is 5.41 Å². The molecule has 0 saturated heterocycles. The molecule has 6 rings (SSSR count). The zero-order valence-electron chi connectivity index (χ0n) is 21.8. The van der Waals surface area contributed by atoms with E-state index in [-0.39, 0.29) is 10.8 Å². The second-order valence-electron chi connectivity index (χ2n) is 11.4. The van der Waals surface area contributed by atoms with Crippen LogP contribution in [0.4, 0.5) is 0 Å². The molecule has 0 amide bonds. The number of fused-ring (bicyclic) bond motifs is 3. The van der Waals surface area contributed by atoms with Crippen molar-refractivity contribution in [2.75, 3.05) is 0 Å². The molecule has 0 N–H and O–H groups in total. The molecular weight excluding hydrogens is 432 g/mol. The molecule has 2 aliphatic rings. The van der Waals surface area contributed by atoms with Crippen molar-refractivity contribution in [3.63, 3.8) is 0 Å². The monoisotopic (exact) mass is 466 g/mol. The Labute approximate surface area is 216 Å². The summed E-state index contributed by atoms with van der Waals surface area (Å²) in [6, 6.07) is 38.3. The summed E-state index contributed by atoms with van der Waals surface area (Å²) in [5.41, 5.74) is 12.4. The van der Waals surface area contributed by atoms with Crippen LogP contribution in [0.5, 0.6) is 0 Å². The number of hydrogen-bond acceptors (Lipinski definition) is 0. The van der Waals surface area contributed by atoms with E-state index in [1.54, 1.807) is 0 Å². The van der Waals surface area contributed by atoms with Gasteiger partial charge in [-0.05, 0) is 67.8 Å². The van der Waals surface area contributed by atoms with Crippen LogP contribution < -0.4 is 0 Å². The van der Waals surface area contributed by atoms with E-state index in [0.717, 1.165) is 6.42 Å². The van der Waals surface area contributed by atoms with E-state index in [2.05, 4.69) is 143 Å². The first-order valence-corrected chi connectivity index (χ1v) is 13.2. The normalized spacial score (nSPS) is 16.8. The third-order valence-corrected chi connectivity index (χ3v) is 8.20. The zero-order chi connectivity index (χ0) is 24.9. The number of allylic oxidation sites excluding steroid dienone is 4. The van der Waals surface area contributed by atoms with Gasteiger partial charge in [0.15, 0.2) is 0 Å². The van der Waals surface area contributed by atoms with E-state index in [0.29, 0.717) is 5.92 Å². The van der Waals surface area contributed by atoms with Crippen molar-refractivity contribution in [1.29, 1.82) is 0 Å². The molecule has 0 heteroatoms. The van der Waals surface area contributed by atoms with Crippen LogP contribution in [0.1, 0.15) is 55.5 Å². The molecule has 0 heterocycles. The Kier molecular flexibility index (Phi) is 5.38. The number of hydrogen-bond donors (Lipinski definition) is 0. The maximum Gasteiger partial charge on any atom is 0.0673 e. The molecule has 36 heavy (non-hydrogen) atoms. The van der Waals surface area contributed by atoms with Gasteiger partial charge < -0.3 is 0 Å². The van der Waals surface area contributed by atoms with Crippen molar-refractivity contribution in [3.05, 3.63) is 154 Å². The van der Waals surface area contributed by atoms with Gasteiger partial charge in [-0.2, -0.15) is 0 Å². The molecular formula is C36H34. The van der Waals surface area contributed by atoms with Gasteiger partial charge in [-0.15, -0.1) is 0 Å². The van der Waals surface area contributed by atoms with E-state index < -0.39 is 0 Å². The first kappa shape index (κ1) is 22.8. The Morgan fingerprint density at radius 1 is 0.639 bits per heavy atom. The van der Waals surface area contributed by atoms with Crippen LogP contribution in [0.3, 0.4) is 0 Å². The topological polar surface area (TPSA) is 0 Å². The van der Waals surface area contributed by atoms with Crippen LogP contribution in [-0.4, -0.2) is 0 Å². The van der Waals surface area contributed by atoms with Crippen molar-refractivity contribution < 1.29 is 0 Å². The largest absolute Gasteiger partial charge is 0.0738 e. The first-order valence-electron chi connectivity index (χ1n) is 13.2. The van der Waals surface area contributed by atoms with Crippen molar-refractivity contribution >= 4 is 0 Å². The molecule has 0 radical (unpaired) electrons. The summed E-state index contributed by atoms with van der Waals surface area (Å²) in [4.78, 5) is 0. The van der Waals surface area contributed by atoms with E-state index in [1.807, 2.05) is 0 Å². The van der Waals surface area contributed by atoms with E-state index >= 15 is 0 Å². The summed E-state index contributed by atoms with van der Waals surface area (Å²) in [6.45, 7) is 9.36. The molecule has 0 bridgehead atoms. The van der Waals surface area contributed by atoms with Crippen molar-refractivity contribution in [1.82, 2.24) is 0 Å². The highest BCUT2D eigenvalue weighted by Gasteiger charge is 2.45. The van der Waals surface area contributed by atoms with E-state index in [4.69, 9.17) is 0 Å². The Hall–Kier alpha value is -3.64. The molecule has 0 fully saturated rings. The Morgan fingerprint density at radius 3 is 1.83 bits per heavy atom. The molecule has 0 nitrogen and oxygen atoms in total. The fourth-order valence-corrected chi connectivity index (χ4v) is 6.47. The minimum atomic E-state index is -0.376. The van der Waals surface area contributed by atoms with Gasteiger partial charge in [-0.25, -0.2) is 0 Å². The Morgan fingerprint density at radius 2 is 1.22 bits per heavy atom. The van der Waals surface area contributed by atoms with Crippen molar-refractivity contribution in [3.8, 4) is 11.1 Å². The van der Waals surface area contributed by atoms with Gasteiger partial charge in [0.2, 0.25) is 0 Å². The molecule has 2 aliphatic carbocycles. The summed E-state index contributed by atoms with van der Waals surface area (Å²) >= 11 is 0. The predicted molar refractivity (Wildman–Crippen MR) is 152 cm³/mol. The third kappa shape index (κ3) is 3.43. The molecule has 1 atom stereocenters. The summed E-state index contributed by atoms with van der Waals surface area (Å²) in [5, 5.41) is 0. The number of benzene rings is 4. The lowest BCUT2D eigenvalue weighted by molar-refractivity contribution is 0.516. The second-order valence-corrected chi connectivity index (χ2v) is 11.4. The van der Waals surface area contributed by atoms with Crippen LogP contribution in [-0.2, 0) is 11.8 Å². The van der Waals surface area contributed by atoms with Crippen molar-refractivity contribution in [2.45, 2.75) is 39.5 Å². The molecule has 178 valence electrons. The lowest BCUT2D eigenvalue weighted by Crippen LogP contribution is -2.34. The molecule has 0 spiro atoms. The molecule has 4 aromatic rings. The van der Waals surface area contributed by atoms with E-state index in [9.17, 15) is 0 Å². The molecule has 4 aromatic carbocycles. The highest BCUT2D eigenvalue weighted by atomic mass is 14.5. The maximum atomic E-state index is 2.52. The van der Waals surface area contributed by atoms with Crippen LogP contribution in [0, 0.1) is 11.3 Å². The van der Waals surface area contributed by atoms with E-state index in [1.165, 1.54) is 50.1 Å². The highest BCUT2D eigenvalue weighted by Crippen LogP contribution is 2.54. The van der Waals surface area contributed by atoms with Crippen LogP contribution >= 0.6 is 0 Å². The lowest BCUT2D eigenvalue weighted by atomic mass is 9.61. The first-order chi connectivity index (χ1) is 17.4. The number of rotatable bonds is 4. The summed E-state index contributed by atoms with van der Waals surface area (Å²) in [6.07, 6.45) is 5.99. The summed E-state index contributed by atoms with van der Waals surface area (Å²) < 4.78 is 0. The average molecular weight is 467 g/mol. The van der Waals surface area contributed by atoms with Crippen LogP contribution in [0.25, 0.3) is 11.1 Å². The highest BCUT2D eigenvalue weighted by molar-refractivity contribution is 5.80. The SMILES string of the molecule is CC1C=C(C(C)(C)C)C=C1C(c1ccccc1)(c1ccccc1)c1cccc2c1Cc1ccccc1-2. The Balaban J connectivity index is 1.72. The van der Waals surface area contributed by atoms with Crippen LogP contribution in [0.15, 0.2) is 126 Å². The molecule has 1 unspecified atom stereocenters. The summed E-state index contributed by atoms with van der Waals surface area (Å²) in [7, 11) is 0. The molecule has 0 aromatic heterocycles. The molecule has 0 aliphatic heterocycles. The quantitative estimate of drug-likeness (QED) is 0.232. The summed E-state index contributed by atoms with van der Waals surface area (Å²) in [5.74, 6) is 0.333. The van der Waals surface area contributed by atoms with Gasteiger partial charge in [0, 0.05) is 0 Å². The van der Waals surface area contributed by atoms with Gasteiger partial charge in [0.1, 0.15) is 0 Å². The van der Waals surface area contributed by atoms with Gasteiger partial charge in [-0.1, -0.05) is 143 Å². The van der Waals surface area contributed by atoms with Crippen molar-refractivity contribution in [2.24, 2.45) is 11.3 Å². The lowest BCUT2D eigenvalue weighted by Gasteiger charge is -2.41. The van der Waals surface area contributed by atoms with Gasteiger partial charge in [0.25, 0.3) is 0 Å². The van der Waals surface area contributed by atoms with Gasteiger partial charge >= 0.3 is 0 Å². The predicted octanol–water partition coefficient (Wildman–Crippen LogP) is 9.14. The minimum Gasteiger partial charge on any atom is -0.0738 e. The third-order valence-electron chi connectivity index (χ3n) is 8.20. The molecule has 0 saturated carbocycles. The standard InChI is InChI=1S/C36H34/c1-25-22-29(35(2,3)4)24-34(25)36(27-15-7-5-8-16-27,28-17-9-6-10-18-28)33-21-13-20-31-30-19-12-11-14-26(30)23-32(31)33/h5-22,24-25H,23H2,1-4H3.